The quantitative estimate of drug-likeness (QED) is 0.411. The molecule has 2 aromatic heterocycles. The summed E-state index contributed by atoms with van der Waals surface area (Å²) in [5.41, 5.74) is -0.143. The molecule has 8 nitrogen and oxygen atoms in total. The lowest BCUT2D eigenvalue weighted by atomic mass is 10.1. The molecule has 36 heavy (non-hydrogen) atoms. The molecule has 4 rings (SSSR count). The number of halogens is 3. The van der Waals surface area contributed by atoms with Crippen LogP contribution in [0, 0.1) is 12.8 Å². The maximum absolute atomic E-state index is 13.1. The molecule has 3 aromatic rings. The number of aryl methyl sites for hydroxylation is 1. The molecular formula is C23H23F3N4O4S2. The number of nitrogens with zero attached hydrogens (tertiary/aromatic N) is 2. The van der Waals surface area contributed by atoms with Crippen LogP contribution in [0.15, 0.2) is 41.4 Å². The summed E-state index contributed by atoms with van der Waals surface area (Å²) >= 11 is 1.22. The van der Waals surface area contributed by atoms with Crippen LogP contribution >= 0.6 is 11.3 Å². The normalized spacial score (nSPS) is 14.6. The minimum Gasteiger partial charge on any atom is -0.495 e. The lowest BCUT2D eigenvalue weighted by molar-refractivity contribution is -0.141. The van der Waals surface area contributed by atoms with Gasteiger partial charge in [0.2, 0.25) is 5.91 Å². The Morgan fingerprint density at radius 3 is 2.50 bits per heavy atom. The summed E-state index contributed by atoms with van der Waals surface area (Å²) in [6.45, 7) is 1.75. The second kappa shape index (κ2) is 10.1. The topological polar surface area (TPSA) is 110 Å². The molecule has 2 heterocycles. The van der Waals surface area contributed by atoms with Crippen molar-refractivity contribution in [3.05, 3.63) is 47.9 Å². The van der Waals surface area contributed by atoms with E-state index >= 15 is 0 Å². The highest BCUT2D eigenvalue weighted by molar-refractivity contribution is 7.92. The maximum Gasteiger partial charge on any atom is 0.433 e. The fraction of sp³-hybridized carbons (Fsp3) is 0.348. The molecule has 2 N–H and O–H groups in total. The largest absolute Gasteiger partial charge is 0.495 e. The molecule has 0 saturated heterocycles. The minimum absolute atomic E-state index is 0.0267. The molecule has 1 aliphatic rings. The van der Waals surface area contributed by atoms with Crippen molar-refractivity contribution in [2.24, 2.45) is 5.92 Å². The molecule has 0 spiro atoms. The van der Waals surface area contributed by atoms with E-state index in [1.165, 1.54) is 30.6 Å². The number of rotatable bonds is 7. The maximum atomic E-state index is 13.1. The van der Waals surface area contributed by atoms with E-state index in [1.807, 2.05) is 0 Å². The fourth-order valence-electron chi connectivity index (χ4n) is 3.97. The highest BCUT2D eigenvalue weighted by atomic mass is 32.2. The standard InChI is InChI=1S/C23H23F3N4O4S2/c1-13-20(35-22(28-13)29-21(31)14-5-3-4-6-14)15-7-9-17(34-2)18(11-15)36(32,33)30-16-8-10-19(27-12-16)23(24,25)26/h7-12,14,30H,3-6H2,1-2H3,(H,28,29,31). The van der Waals surface area contributed by atoms with Crippen molar-refractivity contribution < 1.29 is 31.1 Å². The Morgan fingerprint density at radius 1 is 1.17 bits per heavy atom. The smallest absolute Gasteiger partial charge is 0.433 e. The van der Waals surface area contributed by atoms with Crippen LogP contribution in [0.1, 0.15) is 37.1 Å². The zero-order chi connectivity index (χ0) is 26.1. The molecule has 0 aliphatic heterocycles. The molecule has 1 saturated carbocycles. The minimum atomic E-state index is -4.64. The van der Waals surface area contributed by atoms with Crippen molar-refractivity contribution in [1.29, 1.82) is 0 Å². The Morgan fingerprint density at radius 2 is 1.89 bits per heavy atom. The molecular weight excluding hydrogens is 517 g/mol. The van der Waals surface area contributed by atoms with Gasteiger partial charge in [-0.05, 0) is 55.7 Å². The zero-order valence-electron chi connectivity index (χ0n) is 19.3. The molecule has 13 heteroatoms. The summed E-state index contributed by atoms with van der Waals surface area (Å²) in [6.07, 6.45) is -0.0888. The third kappa shape index (κ3) is 5.62. The van der Waals surface area contributed by atoms with Gasteiger partial charge in [-0.2, -0.15) is 13.2 Å². The van der Waals surface area contributed by atoms with Crippen LogP contribution in [0.4, 0.5) is 24.0 Å². The molecule has 0 radical (unpaired) electrons. The number of ether oxygens (including phenoxy) is 1. The van der Waals surface area contributed by atoms with Gasteiger partial charge < -0.3 is 10.1 Å². The van der Waals surface area contributed by atoms with E-state index in [0.29, 0.717) is 27.3 Å². The molecule has 1 amide bonds. The molecule has 0 atom stereocenters. The number of hydrogen-bond acceptors (Lipinski definition) is 7. The van der Waals surface area contributed by atoms with Gasteiger partial charge in [0.15, 0.2) is 5.13 Å². The number of hydrogen-bond donors (Lipinski definition) is 2. The number of pyridine rings is 1. The first-order valence-corrected chi connectivity index (χ1v) is 13.3. The molecule has 1 fully saturated rings. The first-order chi connectivity index (χ1) is 17.0. The number of sulfonamides is 1. The van der Waals surface area contributed by atoms with Crippen LogP contribution in [-0.4, -0.2) is 31.4 Å². The predicted octanol–water partition coefficient (Wildman–Crippen LogP) is 5.47. The number of methoxy groups -OCH3 is 1. The average Bonchev–Trinajstić information content (AvgIpc) is 3.48. The summed E-state index contributed by atoms with van der Waals surface area (Å²) < 4.78 is 72.0. The summed E-state index contributed by atoms with van der Waals surface area (Å²) in [5, 5.41) is 3.28. The van der Waals surface area contributed by atoms with Gasteiger partial charge in [0.05, 0.1) is 29.6 Å². The second-order valence-corrected chi connectivity index (χ2v) is 11.0. The Labute approximate surface area is 210 Å². The van der Waals surface area contributed by atoms with Crippen molar-refractivity contribution >= 4 is 38.1 Å². The number of carbonyl (C=O) groups excluding carboxylic acids is 1. The predicted molar refractivity (Wildman–Crippen MR) is 129 cm³/mol. The highest BCUT2D eigenvalue weighted by Crippen LogP contribution is 2.37. The van der Waals surface area contributed by atoms with Gasteiger partial charge in [-0.1, -0.05) is 24.2 Å². The average molecular weight is 541 g/mol. The van der Waals surface area contributed by atoms with Crippen LogP contribution in [0.25, 0.3) is 10.4 Å². The number of alkyl halides is 3. The molecule has 1 aliphatic carbocycles. The lowest BCUT2D eigenvalue weighted by Crippen LogP contribution is -2.20. The number of nitrogens with one attached hydrogen (secondary N) is 2. The van der Waals surface area contributed by atoms with Crippen molar-refractivity contribution in [1.82, 2.24) is 9.97 Å². The van der Waals surface area contributed by atoms with Gasteiger partial charge in [0.25, 0.3) is 10.0 Å². The van der Waals surface area contributed by atoms with Crippen molar-refractivity contribution in [2.45, 2.75) is 43.7 Å². The van der Waals surface area contributed by atoms with Crippen LogP contribution in [0.5, 0.6) is 5.75 Å². The Hall–Kier alpha value is -3.19. The van der Waals surface area contributed by atoms with E-state index in [9.17, 15) is 26.4 Å². The molecule has 0 unspecified atom stereocenters. The van der Waals surface area contributed by atoms with Gasteiger partial charge in [-0.15, -0.1) is 0 Å². The summed E-state index contributed by atoms with van der Waals surface area (Å²) in [6, 6.07) is 6.21. The molecule has 192 valence electrons. The summed E-state index contributed by atoms with van der Waals surface area (Å²) in [7, 11) is -2.94. The Balaban J connectivity index is 1.61. The van der Waals surface area contributed by atoms with E-state index in [1.54, 1.807) is 13.0 Å². The lowest BCUT2D eigenvalue weighted by Gasteiger charge is -2.13. The monoisotopic (exact) mass is 540 g/mol. The van der Waals surface area contributed by atoms with Crippen molar-refractivity contribution in [3.8, 4) is 16.2 Å². The zero-order valence-corrected chi connectivity index (χ0v) is 21.0. The Kier molecular flexibility index (Phi) is 7.23. The summed E-state index contributed by atoms with van der Waals surface area (Å²) in [4.78, 5) is 20.6. The number of benzene rings is 1. The SMILES string of the molecule is COc1ccc(-c2sc(NC(=O)C3CCCC3)nc2C)cc1S(=O)(=O)Nc1ccc(C(F)(F)F)nc1. The van der Waals surface area contributed by atoms with Gasteiger partial charge in [0, 0.05) is 5.92 Å². The van der Waals surface area contributed by atoms with E-state index in [2.05, 4.69) is 20.0 Å². The number of thiazole rings is 1. The van der Waals surface area contributed by atoms with Crippen LogP contribution in [0.2, 0.25) is 0 Å². The molecule has 1 aromatic carbocycles. The number of anilines is 2. The third-order valence-corrected chi connectivity index (χ3v) is 8.30. The third-order valence-electron chi connectivity index (χ3n) is 5.77. The number of aromatic nitrogens is 2. The number of carbonyl (C=O) groups is 1. The van der Waals surface area contributed by atoms with E-state index in [-0.39, 0.29) is 28.2 Å². The van der Waals surface area contributed by atoms with Crippen molar-refractivity contribution in [3.63, 3.8) is 0 Å². The van der Waals surface area contributed by atoms with Crippen LogP contribution in [-0.2, 0) is 21.0 Å². The van der Waals surface area contributed by atoms with E-state index in [0.717, 1.165) is 37.9 Å². The second-order valence-electron chi connectivity index (χ2n) is 8.31. The van der Waals surface area contributed by atoms with E-state index < -0.39 is 21.9 Å². The van der Waals surface area contributed by atoms with Crippen LogP contribution < -0.4 is 14.8 Å². The molecule has 0 bridgehead atoms. The van der Waals surface area contributed by atoms with Gasteiger partial charge in [-0.3, -0.25) is 9.52 Å². The van der Waals surface area contributed by atoms with Crippen LogP contribution in [0.3, 0.4) is 0 Å². The van der Waals surface area contributed by atoms with Gasteiger partial charge in [-0.25, -0.2) is 18.4 Å². The first kappa shape index (κ1) is 25.9. The van der Waals surface area contributed by atoms with E-state index in [4.69, 9.17) is 4.74 Å². The van der Waals surface area contributed by atoms with Crippen molar-refractivity contribution in [2.75, 3.05) is 17.1 Å². The Bertz CT molecular complexity index is 1370. The van der Waals surface area contributed by atoms with Gasteiger partial charge in [0.1, 0.15) is 16.3 Å². The first-order valence-electron chi connectivity index (χ1n) is 11.0. The summed E-state index contributed by atoms with van der Waals surface area (Å²) in [5.74, 6) is -0.0515. The highest BCUT2D eigenvalue weighted by Gasteiger charge is 2.32. The fourth-order valence-corrected chi connectivity index (χ4v) is 6.18. The van der Waals surface area contributed by atoms with Gasteiger partial charge >= 0.3 is 6.18 Å². The number of amides is 1.